The summed E-state index contributed by atoms with van der Waals surface area (Å²) in [6.07, 6.45) is 1.81. The molecular formula is C23H19N3O2S. The second kappa shape index (κ2) is 7.85. The summed E-state index contributed by atoms with van der Waals surface area (Å²) in [7, 11) is 0. The van der Waals surface area contributed by atoms with Crippen molar-refractivity contribution in [1.29, 1.82) is 0 Å². The molecule has 0 saturated heterocycles. The van der Waals surface area contributed by atoms with Crippen LogP contribution in [0.4, 0.5) is 0 Å². The van der Waals surface area contributed by atoms with Crippen molar-refractivity contribution in [3.8, 4) is 0 Å². The number of aryl methyl sites for hydroxylation is 2. The zero-order chi connectivity index (χ0) is 20.4. The molecule has 0 saturated carbocycles. The molecule has 0 aliphatic carbocycles. The van der Waals surface area contributed by atoms with Crippen LogP contribution in [0.2, 0.25) is 0 Å². The Morgan fingerprint density at radius 1 is 1.03 bits per heavy atom. The lowest BCUT2D eigenvalue weighted by molar-refractivity contribution is -0.111. The maximum absolute atomic E-state index is 13.2. The van der Waals surface area contributed by atoms with Crippen molar-refractivity contribution in [2.24, 2.45) is 0 Å². The van der Waals surface area contributed by atoms with Crippen LogP contribution in [0, 0.1) is 13.8 Å². The Labute approximate surface area is 171 Å². The number of benzene rings is 2. The number of fused-ring (bicyclic) bond motifs is 1. The van der Waals surface area contributed by atoms with E-state index in [2.05, 4.69) is 10.4 Å². The van der Waals surface area contributed by atoms with Crippen LogP contribution in [0.5, 0.6) is 0 Å². The normalized spacial score (nSPS) is 11.6. The Kier molecular flexibility index (Phi) is 5.10. The Morgan fingerprint density at radius 3 is 2.38 bits per heavy atom. The zero-order valence-electron chi connectivity index (χ0n) is 16.0. The van der Waals surface area contributed by atoms with E-state index in [0.29, 0.717) is 21.6 Å². The van der Waals surface area contributed by atoms with Crippen molar-refractivity contribution in [2.45, 2.75) is 13.8 Å². The van der Waals surface area contributed by atoms with E-state index in [9.17, 15) is 9.59 Å². The van der Waals surface area contributed by atoms with Gasteiger partial charge in [0.05, 0.1) is 5.39 Å². The highest BCUT2D eigenvalue weighted by atomic mass is 32.1. The molecule has 0 bridgehead atoms. The quantitative estimate of drug-likeness (QED) is 0.408. The first-order chi connectivity index (χ1) is 14.0. The second-order valence-corrected chi connectivity index (χ2v) is 7.89. The molecular weight excluding hydrogens is 382 g/mol. The molecule has 29 heavy (non-hydrogen) atoms. The van der Waals surface area contributed by atoms with Gasteiger partial charge in [-0.3, -0.25) is 15.0 Å². The predicted octanol–water partition coefficient (Wildman–Crippen LogP) is 4.39. The number of hydrogen-bond acceptors (Lipinski definition) is 4. The standard InChI is InChI=1S/C23H19N3O2S/c1-15-13-20-22(29-15)24-16(2)26(23(20)28)25-21(27)19(18-11-7-4-8-12-18)14-17-9-5-3-6-10-17/h3-14H,1-2H3,(H,25,27)/b19-14+. The number of nitrogens with one attached hydrogen (secondary N) is 1. The average molecular weight is 401 g/mol. The highest BCUT2D eigenvalue weighted by Gasteiger charge is 2.16. The van der Waals surface area contributed by atoms with E-state index >= 15 is 0 Å². The number of carbonyl (C=O) groups excluding carboxylic acids is 1. The van der Waals surface area contributed by atoms with E-state index in [0.717, 1.165) is 16.0 Å². The Balaban J connectivity index is 1.77. The minimum Gasteiger partial charge on any atom is -0.267 e. The summed E-state index contributed by atoms with van der Waals surface area (Å²) in [5.74, 6) is 0.0585. The van der Waals surface area contributed by atoms with Crippen LogP contribution in [-0.4, -0.2) is 15.6 Å². The number of hydrogen-bond donors (Lipinski definition) is 1. The molecule has 0 radical (unpaired) electrons. The maximum atomic E-state index is 13.2. The number of rotatable bonds is 4. The van der Waals surface area contributed by atoms with Crippen molar-refractivity contribution >= 4 is 39.1 Å². The SMILES string of the molecule is Cc1cc2c(=O)n(NC(=O)/C(=C/c3ccccc3)c3ccccc3)c(C)nc2s1. The van der Waals surface area contributed by atoms with Gasteiger partial charge in [0.1, 0.15) is 10.7 Å². The molecule has 0 unspecified atom stereocenters. The van der Waals surface area contributed by atoms with Crippen LogP contribution in [-0.2, 0) is 4.79 Å². The summed E-state index contributed by atoms with van der Waals surface area (Å²) in [4.78, 5) is 32.3. The molecule has 0 aliphatic rings. The van der Waals surface area contributed by atoms with E-state index in [1.165, 1.54) is 16.0 Å². The average Bonchev–Trinajstić information content (AvgIpc) is 3.11. The van der Waals surface area contributed by atoms with E-state index in [1.54, 1.807) is 13.0 Å². The van der Waals surface area contributed by atoms with E-state index in [-0.39, 0.29) is 11.5 Å². The first kappa shape index (κ1) is 18.8. The second-order valence-electron chi connectivity index (χ2n) is 6.65. The van der Waals surface area contributed by atoms with Gasteiger partial charge >= 0.3 is 0 Å². The van der Waals surface area contributed by atoms with Crippen LogP contribution in [0.3, 0.4) is 0 Å². The van der Waals surface area contributed by atoms with Crippen LogP contribution in [0.1, 0.15) is 21.8 Å². The fourth-order valence-corrected chi connectivity index (χ4v) is 4.03. The van der Waals surface area contributed by atoms with Gasteiger partial charge in [-0.2, -0.15) is 0 Å². The van der Waals surface area contributed by atoms with Crippen LogP contribution >= 0.6 is 11.3 Å². The summed E-state index contributed by atoms with van der Waals surface area (Å²) < 4.78 is 1.22. The van der Waals surface area contributed by atoms with E-state index < -0.39 is 0 Å². The fourth-order valence-electron chi connectivity index (χ4n) is 3.11. The van der Waals surface area contributed by atoms with Gasteiger partial charge in [-0.05, 0) is 37.1 Å². The lowest BCUT2D eigenvalue weighted by Gasteiger charge is -2.13. The predicted molar refractivity (Wildman–Crippen MR) is 118 cm³/mol. The summed E-state index contributed by atoms with van der Waals surface area (Å²) in [6.45, 7) is 3.64. The molecule has 0 aliphatic heterocycles. The first-order valence-corrected chi connectivity index (χ1v) is 9.98. The first-order valence-electron chi connectivity index (χ1n) is 9.16. The number of aromatic nitrogens is 2. The van der Waals surface area contributed by atoms with Crippen molar-refractivity contribution in [1.82, 2.24) is 9.66 Å². The molecule has 4 aromatic rings. The summed E-state index contributed by atoms with van der Waals surface area (Å²) in [5, 5.41) is 0.506. The van der Waals surface area contributed by atoms with Crippen LogP contribution < -0.4 is 11.0 Å². The van der Waals surface area contributed by atoms with Crippen molar-refractivity contribution in [2.75, 3.05) is 5.43 Å². The molecule has 2 heterocycles. The summed E-state index contributed by atoms with van der Waals surface area (Å²) in [6, 6.07) is 20.8. The zero-order valence-corrected chi connectivity index (χ0v) is 16.9. The van der Waals surface area contributed by atoms with Crippen molar-refractivity contribution in [3.05, 3.63) is 98.9 Å². The Bertz CT molecular complexity index is 1270. The van der Waals surface area contributed by atoms with Gasteiger partial charge in [-0.25, -0.2) is 9.66 Å². The van der Waals surface area contributed by atoms with E-state index in [4.69, 9.17) is 0 Å². The molecule has 2 aromatic heterocycles. The molecule has 6 heteroatoms. The Hall–Kier alpha value is -3.51. The van der Waals surface area contributed by atoms with Gasteiger partial charge in [0.25, 0.3) is 11.5 Å². The minimum absolute atomic E-state index is 0.280. The number of thiophene rings is 1. The van der Waals surface area contributed by atoms with Crippen LogP contribution in [0.25, 0.3) is 21.9 Å². The molecule has 1 amide bonds. The monoisotopic (exact) mass is 401 g/mol. The molecule has 1 N–H and O–H groups in total. The van der Waals surface area contributed by atoms with Crippen molar-refractivity contribution < 1.29 is 4.79 Å². The van der Waals surface area contributed by atoms with Gasteiger partial charge in [-0.15, -0.1) is 11.3 Å². The largest absolute Gasteiger partial charge is 0.281 e. The minimum atomic E-state index is -0.377. The maximum Gasteiger partial charge on any atom is 0.281 e. The van der Waals surface area contributed by atoms with Gasteiger partial charge in [0.15, 0.2) is 0 Å². The Morgan fingerprint density at radius 2 is 1.69 bits per heavy atom. The number of nitrogens with zero attached hydrogens (tertiary/aromatic N) is 2. The molecule has 2 aromatic carbocycles. The van der Waals surface area contributed by atoms with Gasteiger partial charge < -0.3 is 0 Å². The molecule has 0 atom stereocenters. The van der Waals surface area contributed by atoms with Crippen LogP contribution in [0.15, 0.2) is 71.5 Å². The lowest BCUT2D eigenvalue weighted by Crippen LogP contribution is -2.35. The van der Waals surface area contributed by atoms with Gasteiger partial charge in [-0.1, -0.05) is 60.7 Å². The fraction of sp³-hybridized carbons (Fsp3) is 0.0870. The van der Waals surface area contributed by atoms with Gasteiger partial charge in [0.2, 0.25) is 0 Å². The topological polar surface area (TPSA) is 64.0 Å². The number of carbonyl (C=O) groups is 1. The highest BCUT2D eigenvalue weighted by Crippen LogP contribution is 2.21. The van der Waals surface area contributed by atoms with Gasteiger partial charge in [0, 0.05) is 10.5 Å². The summed E-state index contributed by atoms with van der Waals surface area (Å²) in [5.41, 5.74) is 4.58. The lowest BCUT2D eigenvalue weighted by atomic mass is 10.0. The molecule has 4 rings (SSSR count). The third-order valence-electron chi connectivity index (χ3n) is 4.51. The highest BCUT2D eigenvalue weighted by molar-refractivity contribution is 7.18. The van der Waals surface area contributed by atoms with Crippen molar-refractivity contribution in [3.63, 3.8) is 0 Å². The third kappa shape index (κ3) is 3.88. The van der Waals surface area contributed by atoms with E-state index in [1.807, 2.05) is 73.7 Å². The molecule has 0 fully saturated rings. The molecule has 144 valence electrons. The number of amides is 1. The summed E-state index contributed by atoms with van der Waals surface area (Å²) >= 11 is 1.46. The molecule has 0 spiro atoms. The third-order valence-corrected chi connectivity index (χ3v) is 5.45. The smallest absolute Gasteiger partial charge is 0.267 e. The molecule has 5 nitrogen and oxygen atoms in total.